The number of carbonyl (C=O) groups is 1. The average Bonchev–Trinajstić information content (AvgIpc) is 2.79. The SMILES string of the molecule is CCCCCC(C)(O)c1[nH]cnc1C(=O)OCC. The molecule has 1 aromatic rings. The van der Waals surface area contributed by atoms with E-state index in [2.05, 4.69) is 16.9 Å². The van der Waals surface area contributed by atoms with Gasteiger partial charge in [0.25, 0.3) is 0 Å². The molecule has 0 radical (unpaired) electrons. The Morgan fingerprint density at radius 3 is 2.83 bits per heavy atom. The Morgan fingerprint density at radius 2 is 2.22 bits per heavy atom. The van der Waals surface area contributed by atoms with Crippen LogP contribution >= 0.6 is 0 Å². The van der Waals surface area contributed by atoms with Crippen LogP contribution in [0, 0.1) is 0 Å². The van der Waals surface area contributed by atoms with E-state index in [1.807, 2.05) is 0 Å². The van der Waals surface area contributed by atoms with E-state index in [4.69, 9.17) is 4.74 Å². The number of hydrogen-bond acceptors (Lipinski definition) is 4. The van der Waals surface area contributed by atoms with Gasteiger partial charge in [-0.05, 0) is 20.3 Å². The van der Waals surface area contributed by atoms with E-state index in [1.165, 1.54) is 6.33 Å². The number of nitrogens with zero attached hydrogens (tertiary/aromatic N) is 1. The van der Waals surface area contributed by atoms with Crippen molar-refractivity contribution in [1.29, 1.82) is 0 Å². The van der Waals surface area contributed by atoms with Gasteiger partial charge in [0, 0.05) is 0 Å². The molecule has 1 unspecified atom stereocenters. The highest BCUT2D eigenvalue weighted by Crippen LogP contribution is 2.27. The molecule has 1 rings (SSSR count). The molecule has 0 aromatic carbocycles. The van der Waals surface area contributed by atoms with Crippen molar-refractivity contribution in [1.82, 2.24) is 9.97 Å². The molecule has 0 spiro atoms. The lowest BCUT2D eigenvalue weighted by Gasteiger charge is -2.22. The van der Waals surface area contributed by atoms with Crippen molar-refractivity contribution < 1.29 is 14.6 Å². The van der Waals surface area contributed by atoms with Gasteiger partial charge in [0.15, 0.2) is 5.69 Å². The summed E-state index contributed by atoms with van der Waals surface area (Å²) in [6, 6.07) is 0. The van der Waals surface area contributed by atoms with Gasteiger partial charge in [-0.3, -0.25) is 0 Å². The van der Waals surface area contributed by atoms with Crippen molar-refractivity contribution in [2.45, 2.75) is 52.1 Å². The number of aromatic nitrogens is 2. The highest BCUT2D eigenvalue weighted by Gasteiger charge is 2.30. The summed E-state index contributed by atoms with van der Waals surface area (Å²) >= 11 is 0. The van der Waals surface area contributed by atoms with Gasteiger partial charge in [-0.2, -0.15) is 0 Å². The predicted octanol–water partition coefficient (Wildman–Crippen LogP) is 2.37. The lowest BCUT2D eigenvalue weighted by Crippen LogP contribution is -2.25. The molecular formula is C13H22N2O3. The smallest absolute Gasteiger partial charge is 0.358 e. The summed E-state index contributed by atoms with van der Waals surface area (Å²) in [4.78, 5) is 18.5. The maximum Gasteiger partial charge on any atom is 0.358 e. The molecule has 5 heteroatoms. The second-order valence-corrected chi connectivity index (χ2v) is 4.58. The topological polar surface area (TPSA) is 75.2 Å². The van der Waals surface area contributed by atoms with Crippen LogP contribution in [0.2, 0.25) is 0 Å². The normalized spacial score (nSPS) is 14.2. The lowest BCUT2D eigenvalue weighted by molar-refractivity contribution is 0.0344. The molecular weight excluding hydrogens is 232 g/mol. The van der Waals surface area contributed by atoms with E-state index in [0.717, 1.165) is 19.3 Å². The second-order valence-electron chi connectivity index (χ2n) is 4.58. The maximum atomic E-state index is 11.7. The van der Waals surface area contributed by atoms with Gasteiger partial charge in [0.05, 0.1) is 18.6 Å². The standard InChI is InChI=1S/C13H22N2O3/c1-4-6-7-8-13(3,17)11-10(14-9-15-11)12(16)18-5-2/h9,17H,4-8H2,1-3H3,(H,14,15). The largest absolute Gasteiger partial charge is 0.461 e. The number of hydrogen-bond donors (Lipinski definition) is 2. The van der Waals surface area contributed by atoms with Crippen LogP contribution in [-0.4, -0.2) is 27.7 Å². The van der Waals surface area contributed by atoms with E-state index in [1.54, 1.807) is 13.8 Å². The number of unbranched alkanes of at least 4 members (excludes halogenated alkanes) is 2. The van der Waals surface area contributed by atoms with Crippen LogP contribution in [0.4, 0.5) is 0 Å². The second kappa shape index (κ2) is 6.54. The Hall–Kier alpha value is -1.36. The van der Waals surface area contributed by atoms with E-state index in [0.29, 0.717) is 18.7 Å². The molecule has 1 atom stereocenters. The quantitative estimate of drug-likeness (QED) is 0.578. The highest BCUT2D eigenvalue weighted by atomic mass is 16.5. The summed E-state index contributed by atoms with van der Waals surface area (Å²) < 4.78 is 4.92. The van der Waals surface area contributed by atoms with Crippen molar-refractivity contribution in [3.05, 3.63) is 17.7 Å². The minimum atomic E-state index is -1.08. The van der Waals surface area contributed by atoms with Crippen molar-refractivity contribution in [2.24, 2.45) is 0 Å². The van der Waals surface area contributed by atoms with E-state index >= 15 is 0 Å². The van der Waals surface area contributed by atoms with Crippen LogP contribution in [0.25, 0.3) is 0 Å². The fraction of sp³-hybridized carbons (Fsp3) is 0.692. The third-order valence-corrected chi connectivity index (χ3v) is 2.91. The molecule has 102 valence electrons. The molecule has 1 aromatic heterocycles. The first-order valence-corrected chi connectivity index (χ1v) is 6.46. The molecule has 0 bridgehead atoms. The number of aliphatic hydroxyl groups is 1. The third-order valence-electron chi connectivity index (χ3n) is 2.91. The highest BCUT2D eigenvalue weighted by molar-refractivity contribution is 5.88. The molecule has 0 amide bonds. The van der Waals surface area contributed by atoms with Crippen LogP contribution in [0.3, 0.4) is 0 Å². The minimum Gasteiger partial charge on any atom is -0.461 e. The zero-order valence-corrected chi connectivity index (χ0v) is 11.3. The molecule has 0 aliphatic heterocycles. The molecule has 0 aliphatic rings. The first-order chi connectivity index (χ1) is 8.53. The monoisotopic (exact) mass is 254 g/mol. The van der Waals surface area contributed by atoms with Crippen LogP contribution in [-0.2, 0) is 10.3 Å². The summed E-state index contributed by atoms with van der Waals surface area (Å²) in [5.41, 5.74) is -0.455. The van der Waals surface area contributed by atoms with Gasteiger partial charge in [-0.1, -0.05) is 26.2 Å². The zero-order chi connectivity index (χ0) is 13.6. The summed E-state index contributed by atoms with van der Waals surface area (Å²) in [5, 5.41) is 10.4. The van der Waals surface area contributed by atoms with Gasteiger partial charge in [0.2, 0.25) is 0 Å². The summed E-state index contributed by atoms with van der Waals surface area (Å²) in [7, 11) is 0. The number of rotatable bonds is 7. The fourth-order valence-corrected chi connectivity index (χ4v) is 1.90. The molecule has 1 heterocycles. The molecule has 18 heavy (non-hydrogen) atoms. The number of carbonyl (C=O) groups excluding carboxylic acids is 1. The number of nitrogens with one attached hydrogen (secondary N) is 1. The van der Waals surface area contributed by atoms with Crippen LogP contribution in [0.5, 0.6) is 0 Å². The van der Waals surface area contributed by atoms with Crippen LogP contribution in [0.15, 0.2) is 6.33 Å². The van der Waals surface area contributed by atoms with Crippen molar-refractivity contribution in [3.8, 4) is 0 Å². The van der Waals surface area contributed by atoms with Gasteiger partial charge in [-0.25, -0.2) is 9.78 Å². The lowest BCUT2D eigenvalue weighted by atomic mass is 9.93. The molecule has 0 fully saturated rings. The Kier molecular flexibility index (Phi) is 5.34. The van der Waals surface area contributed by atoms with E-state index < -0.39 is 11.6 Å². The predicted molar refractivity (Wildman–Crippen MR) is 68.3 cm³/mol. The van der Waals surface area contributed by atoms with Crippen LogP contribution in [0.1, 0.15) is 62.6 Å². The van der Waals surface area contributed by atoms with Crippen LogP contribution < -0.4 is 0 Å². The summed E-state index contributed by atoms with van der Waals surface area (Å²) in [5.74, 6) is -0.496. The van der Waals surface area contributed by atoms with Gasteiger partial charge in [0.1, 0.15) is 5.60 Å². The average molecular weight is 254 g/mol. The number of aromatic amines is 1. The first-order valence-electron chi connectivity index (χ1n) is 6.46. The van der Waals surface area contributed by atoms with Crippen molar-refractivity contribution in [3.63, 3.8) is 0 Å². The summed E-state index contributed by atoms with van der Waals surface area (Å²) in [6.07, 6.45) is 5.05. The Labute approximate surface area is 108 Å². The molecule has 0 aliphatic carbocycles. The number of ether oxygens (including phenoxy) is 1. The van der Waals surface area contributed by atoms with Gasteiger partial charge >= 0.3 is 5.97 Å². The first kappa shape index (κ1) is 14.7. The van der Waals surface area contributed by atoms with Gasteiger partial charge < -0.3 is 14.8 Å². The van der Waals surface area contributed by atoms with Gasteiger partial charge in [-0.15, -0.1) is 0 Å². The molecule has 5 nitrogen and oxygen atoms in total. The van der Waals surface area contributed by atoms with Crippen molar-refractivity contribution in [2.75, 3.05) is 6.61 Å². The molecule has 2 N–H and O–H groups in total. The third kappa shape index (κ3) is 3.57. The zero-order valence-electron chi connectivity index (χ0n) is 11.3. The maximum absolute atomic E-state index is 11.7. The molecule has 0 saturated carbocycles. The number of H-pyrrole nitrogens is 1. The Bertz CT molecular complexity index is 385. The minimum absolute atomic E-state index is 0.179. The summed E-state index contributed by atoms with van der Waals surface area (Å²) in [6.45, 7) is 5.83. The fourth-order valence-electron chi connectivity index (χ4n) is 1.90. The van der Waals surface area contributed by atoms with Crippen molar-refractivity contribution >= 4 is 5.97 Å². The molecule has 0 saturated heterocycles. The number of imidazole rings is 1. The Morgan fingerprint density at radius 1 is 1.50 bits per heavy atom. The number of esters is 1. The van der Waals surface area contributed by atoms with E-state index in [9.17, 15) is 9.90 Å². The van der Waals surface area contributed by atoms with E-state index in [-0.39, 0.29) is 5.69 Å². The Balaban J connectivity index is 2.81.